The van der Waals surface area contributed by atoms with Gasteiger partial charge in [-0.2, -0.15) is 0 Å². The van der Waals surface area contributed by atoms with Crippen LogP contribution in [0.15, 0.2) is 28.7 Å². The number of piperazine rings is 1. The number of rotatable bonds is 5. The second-order valence-corrected chi connectivity index (χ2v) is 7.64. The molecule has 6 heteroatoms. The van der Waals surface area contributed by atoms with Gasteiger partial charge in [0.05, 0.1) is 0 Å². The van der Waals surface area contributed by atoms with E-state index in [9.17, 15) is 9.59 Å². The highest BCUT2D eigenvalue weighted by molar-refractivity contribution is 9.10. The Hall–Kier alpha value is -1.40. The first kappa shape index (κ1) is 18.9. The molecule has 0 radical (unpaired) electrons. The van der Waals surface area contributed by atoms with Crippen molar-refractivity contribution in [3.8, 4) is 0 Å². The summed E-state index contributed by atoms with van der Waals surface area (Å²) in [6, 6.07) is 6.59. The molecule has 0 saturated carbocycles. The van der Waals surface area contributed by atoms with Crippen LogP contribution >= 0.6 is 15.9 Å². The lowest BCUT2D eigenvalue weighted by Gasteiger charge is -2.36. The Bertz CT molecular complexity index is 566. The fourth-order valence-electron chi connectivity index (χ4n) is 2.88. The molecule has 1 aliphatic heterocycles. The van der Waals surface area contributed by atoms with Crippen molar-refractivity contribution >= 4 is 27.7 Å². The van der Waals surface area contributed by atoms with Gasteiger partial charge in [-0.15, -0.1) is 0 Å². The lowest BCUT2D eigenvalue weighted by Crippen LogP contribution is -2.54. The number of nitrogens with one attached hydrogen (secondary N) is 1. The van der Waals surface area contributed by atoms with Crippen molar-refractivity contribution in [2.75, 3.05) is 32.7 Å². The fourth-order valence-corrected chi connectivity index (χ4v) is 3.15. The zero-order valence-electron chi connectivity index (χ0n) is 14.6. The molecule has 0 aliphatic carbocycles. The number of halogens is 1. The minimum atomic E-state index is -0.516. The highest BCUT2D eigenvalue weighted by Gasteiger charge is 2.26. The summed E-state index contributed by atoms with van der Waals surface area (Å²) in [6.45, 7) is 10.5. The Kier molecular flexibility index (Phi) is 6.80. The predicted molar refractivity (Wildman–Crippen MR) is 98.9 cm³/mol. The van der Waals surface area contributed by atoms with Crippen molar-refractivity contribution in [2.24, 2.45) is 5.92 Å². The first-order valence-corrected chi connectivity index (χ1v) is 9.23. The Morgan fingerprint density at radius 1 is 1.08 bits per heavy atom. The fraction of sp³-hybridized carbons (Fsp3) is 0.556. The Balaban J connectivity index is 1.84. The molecule has 1 saturated heterocycles. The van der Waals surface area contributed by atoms with Gasteiger partial charge in [0, 0.05) is 42.8 Å². The summed E-state index contributed by atoms with van der Waals surface area (Å²) in [5, 5.41) is 2.80. The van der Waals surface area contributed by atoms with Crippen LogP contribution in [-0.4, -0.2) is 60.4 Å². The lowest BCUT2D eigenvalue weighted by molar-refractivity contribution is -0.134. The smallest absolute Gasteiger partial charge is 0.251 e. The van der Waals surface area contributed by atoms with E-state index in [0.717, 1.165) is 37.2 Å². The summed E-state index contributed by atoms with van der Waals surface area (Å²) >= 11 is 3.34. The van der Waals surface area contributed by atoms with Crippen LogP contribution in [0.4, 0.5) is 0 Å². The molecule has 1 aliphatic rings. The van der Waals surface area contributed by atoms with Crippen LogP contribution in [0.2, 0.25) is 0 Å². The van der Waals surface area contributed by atoms with Crippen LogP contribution in [0.5, 0.6) is 0 Å². The maximum atomic E-state index is 12.5. The van der Waals surface area contributed by atoms with Gasteiger partial charge in [0.1, 0.15) is 6.04 Å². The third-order valence-corrected chi connectivity index (χ3v) is 4.66. The van der Waals surface area contributed by atoms with Gasteiger partial charge in [-0.05, 0) is 37.1 Å². The molecule has 1 atom stereocenters. The molecule has 5 nitrogen and oxygen atoms in total. The Morgan fingerprint density at radius 2 is 1.67 bits per heavy atom. The Morgan fingerprint density at radius 3 is 2.21 bits per heavy atom. The minimum absolute atomic E-state index is 0.00958. The van der Waals surface area contributed by atoms with E-state index >= 15 is 0 Å². The monoisotopic (exact) mass is 395 g/mol. The molecule has 1 fully saturated rings. The highest BCUT2D eigenvalue weighted by atomic mass is 79.9. The maximum absolute atomic E-state index is 12.5. The van der Waals surface area contributed by atoms with Gasteiger partial charge in [-0.1, -0.05) is 29.8 Å². The van der Waals surface area contributed by atoms with E-state index in [1.54, 1.807) is 19.1 Å². The topological polar surface area (TPSA) is 52.6 Å². The average Bonchev–Trinajstić information content (AvgIpc) is 2.54. The third kappa shape index (κ3) is 5.31. The second kappa shape index (κ2) is 8.62. The second-order valence-electron chi connectivity index (χ2n) is 6.72. The highest BCUT2D eigenvalue weighted by Crippen LogP contribution is 2.11. The molecule has 0 aromatic heterocycles. The number of carbonyl (C=O) groups is 2. The van der Waals surface area contributed by atoms with E-state index in [0.29, 0.717) is 11.5 Å². The van der Waals surface area contributed by atoms with E-state index in [2.05, 4.69) is 40.0 Å². The number of nitrogens with zero attached hydrogens (tertiary/aromatic N) is 2. The van der Waals surface area contributed by atoms with E-state index in [4.69, 9.17) is 0 Å². The van der Waals surface area contributed by atoms with Crippen molar-refractivity contribution < 1.29 is 9.59 Å². The standard InChI is InChI=1S/C18H26BrN3O2/c1-13(2)12-21-8-10-22(11-9-21)18(24)14(3)20-17(23)15-4-6-16(19)7-5-15/h4-7,13-14H,8-12H2,1-3H3,(H,20,23)/t14-/m1/s1. The molecule has 132 valence electrons. The van der Waals surface area contributed by atoms with Crippen LogP contribution in [0.3, 0.4) is 0 Å². The lowest BCUT2D eigenvalue weighted by atomic mass is 10.1. The summed E-state index contributed by atoms with van der Waals surface area (Å²) in [4.78, 5) is 29.0. The number of amides is 2. The number of hydrogen-bond acceptors (Lipinski definition) is 3. The molecule has 1 N–H and O–H groups in total. The number of benzene rings is 1. The quantitative estimate of drug-likeness (QED) is 0.832. The molecule has 1 heterocycles. The van der Waals surface area contributed by atoms with Crippen LogP contribution in [-0.2, 0) is 4.79 Å². The van der Waals surface area contributed by atoms with Gasteiger partial charge >= 0.3 is 0 Å². The third-order valence-electron chi connectivity index (χ3n) is 4.13. The molecule has 0 unspecified atom stereocenters. The first-order valence-electron chi connectivity index (χ1n) is 8.44. The van der Waals surface area contributed by atoms with Crippen LogP contribution in [0, 0.1) is 5.92 Å². The SMILES string of the molecule is CC(C)CN1CCN(C(=O)[C@@H](C)NC(=O)c2ccc(Br)cc2)CC1. The van der Waals surface area contributed by atoms with E-state index in [1.807, 2.05) is 17.0 Å². The van der Waals surface area contributed by atoms with E-state index in [1.165, 1.54) is 0 Å². The maximum Gasteiger partial charge on any atom is 0.251 e. The van der Waals surface area contributed by atoms with Crippen molar-refractivity contribution in [2.45, 2.75) is 26.8 Å². The van der Waals surface area contributed by atoms with Gasteiger partial charge in [-0.25, -0.2) is 0 Å². The largest absolute Gasteiger partial charge is 0.341 e. The summed E-state index contributed by atoms with van der Waals surface area (Å²) in [7, 11) is 0. The normalized spacial score (nSPS) is 17.0. The predicted octanol–water partition coefficient (Wildman–Crippen LogP) is 2.37. The number of hydrogen-bond donors (Lipinski definition) is 1. The molecule has 1 aromatic rings. The molecular weight excluding hydrogens is 370 g/mol. The van der Waals surface area contributed by atoms with Gasteiger partial charge in [0.25, 0.3) is 5.91 Å². The van der Waals surface area contributed by atoms with Crippen LogP contribution < -0.4 is 5.32 Å². The number of carbonyl (C=O) groups excluding carboxylic acids is 2. The van der Waals surface area contributed by atoms with Gasteiger partial charge in [-0.3, -0.25) is 14.5 Å². The van der Waals surface area contributed by atoms with E-state index in [-0.39, 0.29) is 11.8 Å². The van der Waals surface area contributed by atoms with Gasteiger partial charge < -0.3 is 10.2 Å². The molecule has 2 amide bonds. The Labute approximate surface area is 152 Å². The van der Waals surface area contributed by atoms with Crippen LogP contribution in [0.1, 0.15) is 31.1 Å². The van der Waals surface area contributed by atoms with Crippen LogP contribution in [0.25, 0.3) is 0 Å². The first-order chi connectivity index (χ1) is 11.4. The molecule has 24 heavy (non-hydrogen) atoms. The average molecular weight is 396 g/mol. The molecule has 2 rings (SSSR count). The zero-order valence-corrected chi connectivity index (χ0v) is 16.2. The molecule has 0 spiro atoms. The summed E-state index contributed by atoms with van der Waals surface area (Å²) < 4.78 is 0.919. The summed E-state index contributed by atoms with van der Waals surface area (Å²) in [5.41, 5.74) is 0.555. The zero-order chi connectivity index (χ0) is 17.7. The molecule has 0 bridgehead atoms. The van der Waals surface area contributed by atoms with Crippen molar-refractivity contribution in [3.63, 3.8) is 0 Å². The van der Waals surface area contributed by atoms with Crippen molar-refractivity contribution in [1.29, 1.82) is 0 Å². The van der Waals surface area contributed by atoms with Crippen molar-refractivity contribution in [1.82, 2.24) is 15.1 Å². The molecular formula is C18H26BrN3O2. The summed E-state index contributed by atoms with van der Waals surface area (Å²) in [6.07, 6.45) is 0. The van der Waals surface area contributed by atoms with Gasteiger partial charge in [0.2, 0.25) is 5.91 Å². The minimum Gasteiger partial charge on any atom is -0.341 e. The van der Waals surface area contributed by atoms with Gasteiger partial charge in [0.15, 0.2) is 0 Å². The van der Waals surface area contributed by atoms with Crippen molar-refractivity contribution in [3.05, 3.63) is 34.3 Å². The van der Waals surface area contributed by atoms with E-state index < -0.39 is 6.04 Å². The summed E-state index contributed by atoms with van der Waals surface area (Å²) in [5.74, 6) is 0.405. The molecule has 1 aromatic carbocycles.